The van der Waals surface area contributed by atoms with E-state index in [1.165, 1.54) is 5.19 Å². The Morgan fingerprint density at radius 3 is 1.13 bits per heavy atom. The molecule has 0 aliphatic carbocycles. The Morgan fingerprint density at radius 1 is 0.426 bits per heavy atom. The van der Waals surface area contributed by atoms with Gasteiger partial charge in [0.25, 0.3) is 0 Å². The smallest absolute Gasteiger partial charge is 0.0776 e. The molecule has 4 aromatic carbocycles. The Kier molecular flexibility index (Phi) is 8.18. The molecule has 0 saturated heterocycles. The zero-order valence-electron chi connectivity index (χ0n) is 30.4. The summed E-state index contributed by atoms with van der Waals surface area (Å²) in [5.41, 5.74) is 15.2. The molecular weight excluding hydrogens is 673 g/mol. The van der Waals surface area contributed by atoms with E-state index in [-0.39, 0.29) is 0 Å². The highest BCUT2D eigenvalue weighted by molar-refractivity contribution is 6.88. The summed E-state index contributed by atoms with van der Waals surface area (Å²) in [6.07, 6.45) is 23.0. The Hall–Kier alpha value is -6.74. The quantitative estimate of drug-likeness (QED) is 0.146. The van der Waals surface area contributed by atoms with Gasteiger partial charge in [-0.2, -0.15) is 0 Å². The molecule has 0 unspecified atom stereocenters. The predicted octanol–water partition coefficient (Wildman–Crippen LogP) is 10.2. The molecule has 8 bridgehead atoms. The summed E-state index contributed by atoms with van der Waals surface area (Å²) in [4.78, 5) is 21.5. The summed E-state index contributed by atoms with van der Waals surface area (Å²) in [6.45, 7) is 7.02. The minimum Gasteiger partial charge on any atom is -0.248 e. The maximum atomic E-state index is 6.30. The molecule has 54 heavy (non-hydrogen) atoms. The third kappa shape index (κ3) is 5.93. The van der Waals surface area contributed by atoms with Gasteiger partial charge in [-0.1, -0.05) is 134 Å². The molecule has 4 aromatic rings. The van der Waals surface area contributed by atoms with E-state index in [0.717, 1.165) is 95.7 Å². The molecule has 5 heterocycles. The summed E-state index contributed by atoms with van der Waals surface area (Å²) in [6, 6.07) is 37.7. The molecule has 0 fully saturated rings. The first-order valence-corrected chi connectivity index (χ1v) is 21.7. The fraction of sp³-hybridized carbons (Fsp3) is 0.0612. The first-order chi connectivity index (χ1) is 26.4. The maximum Gasteiger partial charge on any atom is 0.0776 e. The number of fused-ring (bicyclic) bond motifs is 4. The van der Waals surface area contributed by atoms with Crippen LogP contribution in [0.3, 0.4) is 0 Å². The number of hydrogen-bond acceptors (Lipinski definition) is 4. The van der Waals surface area contributed by atoms with E-state index in [1.54, 1.807) is 0 Å². The second kappa shape index (κ2) is 13.3. The average Bonchev–Trinajstić information content (AvgIpc) is 4.04. The van der Waals surface area contributed by atoms with Crippen LogP contribution in [-0.2, 0) is 0 Å². The number of hydrogen-bond donors (Lipinski definition) is 0. The van der Waals surface area contributed by atoms with Gasteiger partial charge in [-0.05, 0) is 71.4 Å². The van der Waals surface area contributed by atoms with Gasteiger partial charge in [0.1, 0.15) is 0 Å². The summed E-state index contributed by atoms with van der Waals surface area (Å²) in [5, 5.41) is 1.31. The SMILES string of the molecule is C#Cc1cc([Si](C)(C)C)ccc1C1=C2C=CC(=N2)C(c2ccccc2)=C2C=CC(=N2)C(c2ccccc2)=C2C=CC(=N2)C(c2ccccc2)=C2C=CC1=N2. The normalized spacial score (nSPS) is 17.4. The largest absolute Gasteiger partial charge is 0.248 e. The van der Waals surface area contributed by atoms with Gasteiger partial charge in [-0.3, -0.25) is 0 Å². The summed E-state index contributed by atoms with van der Waals surface area (Å²) >= 11 is 0. The van der Waals surface area contributed by atoms with Crippen molar-refractivity contribution in [2.75, 3.05) is 0 Å². The van der Waals surface area contributed by atoms with E-state index in [0.29, 0.717) is 0 Å². The third-order valence-electron chi connectivity index (χ3n) is 10.1. The van der Waals surface area contributed by atoms with Gasteiger partial charge >= 0.3 is 0 Å². The van der Waals surface area contributed by atoms with Gasteiger partial charge in [0.05, 0.1) is 53.7 Å². The molecule has 9 rings (SSSR count). The third-order valence-corrected chi connectivity index (χ3v) is 12.1. The Balaban J connectivity index is 1.37. The molecule has 0 radical (unpaired) electrons. The van der Waals surface area contributed by atoms with Crippen LogP contribution in [0, 0.1) is 12.3 Å². The van der Waals surface area contributed by atoms with Gasteiger partial charge in [0, 0.05) is 33.4 Å². The Bertz CT molecular complexity index is 2650. The van der Waals surface area contributed by atoms with E-state index in [2.05, 4.69) is 165 Å². The number of aliphatic imine (C=N–C) groups is 4. The second-order valence-corrected chi connectivity index (χ2v) is 19.7. The molecule has 0 aromatic heterocycles. The molecule has 256 valence electrons. The van der Waals surface area contributed by atoms with E-state index in [4.69, 9.17) is 26.4 Å². The lowest BCUT2D eigenvalue weighted by atomic mass is 9.94. The van der Waals surface area contributed by atoms with E-state index in [1.807, 2.05) is 18.2 Å². The fourth-order valence-electron chi connectivity index (χ4n) is 7.41. The van der Waals surface area contributed by atoms with E-state index < -0.39 is 8.07 Å². The van der Waals surface area contributed by atoms with Crippen LogP contribution < -0.4 is 5.19 Å². The molecule has 5 aliphatic rings. The Morgan fingerprint density at radius 2 is 0.778 bits per heavy atom. The zero-order valence-corrected chi connectivity index (χ0v) is 31.4. The minimum absolute atomic E-state index is 0.797. The summed E-state index contributed by atoms with van der Waals surface area (Å²) in [5.74, 6) is 3.03. The van der Waals surface area contributed by atoms with E-state index in [9.17, 15) is 0 Å². The first-order valence-electron chi connectivity index (χ1n) is 18.2. The van der Waals surface area contributed by atoms with Gasteiger partial charge in [-0.25, -0.2) is 20.0 Å². The van der Waals surface area contributed by atoms with E-state index >= 15 is 0 Å². The first kappa shape index (κ1) is 33.1. The van der Waals surface area contributed by atoms with Crippen LogP contribution in [-0.4, -0.2) is 30.9 Å². The molecule has 5 aliphatic heterocycles. The highest BCUT2D eigenvalue weighted by Gasteiger charge is 2.28. The average molecular weight is 709 g/mol. The molecule has 0 spiro atoms. The van der Waals surface area contributed by atoms with Crippen LogP contribution in [0.25, 0.3) is 22.3 Å². The van der Waals surface area contributed by atoms with Crippen molar-refractivity contribution in [2.45, 2.75) is 19.6 Å². The molecular formula is C49H36N4Si. The van der Waals surface area contributed by atoms with Gasteiger partial charge in [0.2, 0.25) is 0 Å². The lowest BCUT2D eigenvalue weighted by molar-refractivity contribution is 1.40. The number of rotatable bonds is 5. The van der Waals surface area contributed by atoms with Crippen molar-refractivity contribution in [1.29, 1.82) is 0 Å². The summed E-state index contributed by atoms with van der Waals surface area (Å²) in [7, 11) is -1.64. The number of benzene rings is 4. The molecule has 0 amide bonds. The van der Waals surface area contributed by atoms with Crippen LogP contribution in [0.4, 0.5) is 0 Å². The van der Waals surface area contributed by atoms with Crippen molar-refractivity contribution >= 4 is 58.4 Å². The van der Waals surface area contributed by atoms with Crippen LogP contribution >= 0.6 is 0 Å². The molecule has 4 nitrogen and oxygen atoms in total. The number of allylic oxidation sites excluding steroid dienone is 12. The van der Waals surface area contributed by atoms with Crippen LogP contribution in [0.15, 0.2) is 201 Å². The lowest BCUT2D eigenvalue weighted by Gasteiger charge is -2.19. The van der Waals surface area contributed by atoms with Crippen molar-refractivity contribution in [2.24, 2.45) is 20.0 Å². The standard InChI is InChI=1S/C49H36N4Si/c1-5-32-31-36(54(2,3)4)21-22-37(32)49-44-29-27-42(52-44)47(34-17-11-7-12-18-34)40-25-23-38(50-40)46(33-15-9-6-10-16-33)39-24-26-41(51-39)48(35-19-13-8-14-20-35)43-28-30-45(49)53-43/h1,6-31H,2-4H3. The van der Waals surface area contributed by atoms with Crippen molar-refractivity contribution < 1.29 is 0 Å². The highest BCUT2D eigenvalue weighted by Crippen LogP contribution is 2.39. The van der Waals surface area contributed by atoms with Crippen molar-refractivity contribution in [3.05, 3.63) is 208 Å². The van der Waals surface area contributed by atoms with Gasteiger partial charge in [-0.15, -0.1) is 6.42 Å². The topological polar surface area (TPSA) is 49.4 Å². The lowest BCUT2D eigenvalue weighted by Crippen LogP contribution is -2.37. The van der Waals surface area contributed by atoms with Crippen LogP contribution in [0.1, 0.15) is 27.8 Å². The second-order valence-electron chi connectivity index (χ2n) is 14.6. The number of terminal acetylenes is 1. The molecule has 0 saturated carbocycles. The van der Waals surface area contributed by atoms with Crippen LogP contribution in [0.2, 0.25) is 19.6 Å². The monoisotopic (exact) mass is 708 g/mol. The fourth-order valence-corrected chi connectivity index (χ4v) is 8.57. The predicted molar refractivity (Wildman–Crippen MR) is 231 cm³/mol. The minimum atomic E-state index is -1.64. The molecule has 0 N–H and O–H groups in total. The van der Waals surface area contributed by atoms with Crippen molar-refractivity contribution in [1.82, 2.24) is 0 Å². The maximum absolute atomic E-state index is 6.30. The van der Waals surface area contributed by atoms with Crippen molar-refractivity contribution in [3.8, 4) is 12.3 Å². The van der Waals surface area contributed by atoms with Crippen molar-refractivity contribution in [3.63, 3.8) is 0 Å². The molecule has 5 heteroatoms. The molecule has 0 atom stereocenters. The zero-order chi connectivity index (χ0) is 36.8. The summed E-state index contributed by atoms with van der Waals surface area (Å²) < 4.78 is 0. The number of nitrogens with zero attached hydrogens (tertiary/aromatic N) is 4. The van der Waals surface area contributed by atoms with Gasteiger partial charge in [0.15, 0.2) is 0 Å². The van der Waals surface area contributed by atoms with Crippen LogP contribution in [0.5, 0.6) is 0 Å². The highest BCUT2D eigenvalue weighted by atomic mass is 28.3. The Labute approximate surface area is 317 Å². The van der Waals surface area contributed by atoms with Gasteiger partial charge < -0.3 is 0 Å².